The molecule has 8 heteroatoms. The molecular weight excluding hydrogens is 452 g/mol. The lowest BCUT2D eigenvalue weighted by atomic mass is 10.1. The Labute approximate surface area is 202 Å². The van der Waals surface area contributed by atoms with Gasteiger partial charge in [0.05, 0.1) is 18.5 Å². The fourth-order valence-electron chi connectivity index (χ4n) is 3.15. The van der Waals surface area contributed by atoms with Crippen LogP contribution in [0.25, 0.3) is 11.3 Å². The number of aromatic nitrogens is 2. The Balaban J connectivity index is 1.34. The smallest absolute Gasteiger partial charge is 0.289 e. The van der Waals surface area contributed by atoms with E-state index in [-0.39, 0.29) is 0 Å². The van der Waals surface area contributed by atoms with E-state index in [0.717, 1.165) is 22.4 Å². The first-order valence-electron chi connectivity index (χ1n) is 10.7. The van der Waals surface area contributed by atoms with Gasteiger partial charge in [0.15, 0.2) is 0 Å². The van der Waals surface area contributed by atoms with Crippen molar-refractivity contribution < 1.29 is 14.3 Å². The maximum Gasteiger partial charge on any atom is 0.289 e. The number of carbonyl (C=O) groups is 1. The third kappa shape index (κ3) is 6.02. The van der Waals surface area contributed by atoms with Crippen molar-refractivity contribution in [2.45, 2.75) is 13.5 Å². The van der Waals surface area contributed by atoms with E-state index >= 15 is 0 Å². The molecule has 0 spiro atoms. The van der Waals surface area contributed by atoms with E-state index in [9.17, 15) is 4.79 Å². The van der Waals surface area contributed by atoms with Crippen molar-refractivity contribution in [2.24, 2.45) is 5.10 Å². The molecule has 0 bridgehead atoms. The van der Waals surface area contributed by atoms with Gasteiger partial charge in [-0.25, -0.2) is 5.43 Å². The summed E-state index contributed by atoms with van der Waals surface area (Å²) in [7, 11) is 0. The number of nitrogens with one attached hydrogen (secondary N) is 2. The molecule has 1 amide bonds. The largest absolute Gasteiger partial charge is 0.493 e. The summed E-state index contributed by atoms with van der Waals surface area (Å²) in [6.07, 6.45) is 1.54. The SMILES string of the molecule is CCOc1ccccc1/C=N/NC(=O)c1cc(-c2ccc(OCc3ccc(Cl)cc3)cc2)n[nH]1. The second-order valence-electron chi connectivity index (χ2n) is 7.28. The Kier molecular flexibility index (Phi) is 7.57. The number of nitrogens with zero attached hydrogens (tertiary/aromatic N) is 2. The summed E-state index contributed by atoms with van der Waals surface area (Å²) in [5, 5.41) is 11.7. The predicted octanol–water partition coefficient (Wildman–Crippen LogP) is 5.47. The summed E-state index contributed by atoms with van der Waals surface area (Å²) < 4.78 is 11.4. The van der Waals surface area contributed by atoms with E-state index in [1.165, 1.54) is 0 Å². The molecule has 0 saturated carbocycles. The van der Waals surface area contributed by atoms with E-state index in [2.05, 4.69) is 20.7 Å². The molecule has 0 fully saturated rings. The van der Waals surface area contributed by atoms with Crippen LogP contribution in [0.2, 0.25) is 5.02 Å². The van der Waals surface area contributed by atoms with Gasteiger partial charge in [0, 0.05) is 16.1 Å². The van der Waals surface area contributed by atoms with Gasteiger partial charge in [-0.3, -0.25) is 9.89 Å². The van der Waals surface area contributed by atoms with Crippen LogP contribution in [0.5, 0.6) is 11.5 Å². The van der Waals surface area contributed by atoms with Crippen LogP contribution in [0.1, 0.15) is 28.5 Å². The van der Waals surface area contributed by atoms with E-state index in [1.54, 1.807) is 12.3 Å². The average molecular weight is 475 g/mol. The molecule has 172 valence electrons. The number of halogens is 1. The van der Waals surface area contributed by atoms with Crippen LogP contribution in [0.4, 0.5) is 0 Å². The third-order valence-electron chi connectivity index (χ3n) is 4.88. The molecule has 4 aromatic rings. The lowest BCUT2D eigenvalue weighted by molar-refractivity contribution is 0.0950. The highest BCUT2D eigenvalue weighted by atomic mass is 35.5. The van der Waals surface area contributed by atoms with E-state index in [0.29, 0.717) is 35.4 Å². The average Bonchev–Trinajstić information content (AvgIpc) is 3.36. The second-order valence-corrected chi connectivity index (χ2v) is 7.71. The van der Waals surface area contributed by atoms with Crippen molar-refractivity contribution >= 4 is 23.7 Å². The number of hydrazone groups is 1. The number of hydrogen-bond donors (Lipinski definition) is 2. The van der Waals surface area contributed by atoms with Crippen LogP contribution in [-0.2, 0) is 6.61 Å². The van der Waals surface area contributed by atoms with Crippen molar-refractivity contribution in [1.82, 2.24) is 15.6 Å². The molecule has 3 aromatic carbocycles. The molecule has 0 unspecified atom stereocenters. The van der Waals surface area contributed by atoms with Gasteiger partial charge in [0.25, 0.3) is 5.91 Å². The summed E-state index contributed by atoms with van der Waals surface area (Å²) in [6, 6.07) is 24.1. The number of H-pyrrole nitrogens is 1. The molecule has 1 heterocycles. The van der Waals surface area contributed by atoms with Gasteiger partial charge in [-0.2, -0.15) is 10.2 Å². The molecule has 0 aliphatic rings. The third-order valence-corrected chi connectivity index (χ3v) is 5.13. The molecule has 4 rings (SSSR count). The highest BCUT2D eigenvalue weighted by Crippen LogP contribution is 2.22. The summed E-state index contributed by atoms with van der Waals surface area (Å²) in [5.41, 5.74) is 6.09. The van der Waals surface area contributed by atoms with Crippen molar-refractivity contribution in [2.75, 3.05) is 6.61 Å². The van der Waals surface area contributed by atoms with Gasteiger partial charge < -0.3 is 9.47 Å². The van der Waals surface area contributed by atoms with E-state index in [4.69, 9.17) is 21.1 Å². The molecule has 0 aliphatic heterocycles. The van der Waals surface area contributed by atoms with Crippen LogP contribution in [0.3, 0.4) is 0 Å². The minimum absolute atomic E-state index is 0.299. The zero-order valence-corrected chi connectivity index (χ0v) is 19.3. The zero-order chi connectivity index (χ0) is 23.8. The van der Waals surface area contributed by atoms with Crippen molar-refractivity contribution in [3.05, 3.63) is 101 Å². The number of rotatable bonds is 9. The summed E-state index contributed by atoms with van der Waals surface area (Å²) in [5.74, 6) is 1.04. The summed E-state index contributed by atoms with van der Waals surface area (Å²) in [6.45, 7) is 2.90. The van der Waals surface area contributed by atoms with Crippen LogP contribution >= 0.6 is 11.6 Å². The minimum Gasteiger partial charge on any atom is -0.493 e. The number of amides is 1. The molecule has 1 aromatic heterocycles. The van der Waals surface area contributed by atoms with Gasteiger partial charge in [0.1, 0.15) is 23.8 Å². The molecule has 0 aliphatic carbocycles. The van der Waals surface area contributed by atoms with E-state index in [1.807, 2.05) is 79.7 Å². The molecule has 0 saturated heterocycles. The number of para-hydroxylation sites is 1. The Morgan fingerprint density at radius 2 is 1.82 bits per heavy atom. The first-order chi connectivity index (χ1) is 16.6. The topological polar surface area (TPSA) is 88.6 Å². The zero-order valence-electron chi connectivity index (χ0n) is 18.5. The summed E-state index contributed by atoms with van der Waals surface area (Å²) >= 11 is 5.91. The molecule has 0 atom stereocenters. The van der Waals surface area contributed by atoms with Gasteiger partial charge in [0.2, 0.25) is 0 Å². The van der Waals surface area contributed by atoms with Crippen molar-refractivity contribution in [3.63, 3.8) is 0 Å². The van der Waals surface area contributed by atoms with Crippen molar-refractivity contribution in [3.8, 4) is 22.8 Å². The maximum atomic E-state index is 12.4. The standard InChI is InChI=1S/C26H23ClN4O3/c1-2-33-25-6-4-3-5-20(25)16-28-31-26(32)24-15-23(29-30-24)19-9-13-22(14-10-19)34-17-18-7-11-21(27)12-8-18/h3-16H,2,17H2,1H3,(H,29,30)(H,31,32)/b28-16+. The Hall–Kier alpha value is -4.10. The Morgan fingerprint density at radius 1 is 1.06 bits per heavy atom. The minimum atomic E-state index is -0.396. The van der Waals surface area contributed by atoms with Gasteiger partial charge in [-0.1, -0.05) is 35.9 Å². The van der Waals surface area contributed by atoms with Crippen LogP contribution in [0, 0.1) is 0 Å². The highest BCUT2D eigenvalue weighted by Gasteiger charge is 2.11. The Morgan fingerprint density at radius 3 is 2.59 bits per heavy atom. The first kappa shape index (κ1) is 23.1. The van der Waals surface area contributed by atoms with Crippen LogP contribution in [-0.4, -0.2) is 28.9 Å². The van der Waals surface area contributed by atoms with Crippen LogP contribution in [0.15, 0.2) is 84.0 Å². The first-order valence-corrected chi connectivity index (χ1v) is 11.1. The number of carbonyl (C=O) groups excluding carboxylic acids is 1. The molecule has 34 heavy (non-hydrogen) atoms. The lowest BCUT2D eigenvalue weighted by Gasteiger charge is -2.07. The fourth-order valence-corrected chi connectivity index (χ4v) is 3.28. The normalized spacial score (nSPS) is 10.9. The summed E-state index contributed by atoms with van der Waals surface area (Å²) in [4.78, 5) is 12.4. The quantitative estimate of drug-likeness (QED) is 0.248. The monoisotopic (exact) mass is 474 g/mol. The van der Waals surface area contributed by atoms with Gasteiger partial charge in [-0.05, 0) is 67.1 Å². The lowest BCUT2D eigenvalue weighted by Crippen LogP contribution is -2.18. The van der Waals surface area contributed by atoms with Gasteiger partial charge >= 0.3 is 0 Å². The van der Waals surface area contributed by atoms with Crippen LogP contribution < -0.4 is 14.9 Å². The van der Waals surface area contributed by atoms with Crippen molar-refractivity contribution in [1.29, 1.82) is 0 Å². The molecule has 2 N–H and O–H groups in total. The maximum absolute atomic E-state index is 12.4. The highest BCUT2D eigenvalue weighted by molar-refractivity contribution is 6.30. The fraction of sp³-hybridized carbons (Fsp3) is 0.115. The number of ether oxygens (including phenoxy) is 2. The van der Waals surface area contributed by atoms with E-state index < -0.39 is 5.91 Å². The molecule has 0 radical (unpaired) electrons. The molecular formula is C26H23ClN4O3. The Bertz CT molecular complexity index is 1270. The predicted molar refractivity (Wildman–Crippen MR) is 132 cm³/mol. The number of benzene rings is 3. The molecule has 7 nitrogen and oxygen atoms in total. The second kappa shape index (κ2) is 11.2. The number of hydrogen-bond acceptors (Lipinski definition) is 5. The van der Waals surface area contributed by atoms with Gasteiger partial charge in [-0.15, -0.1) is 0 Å². The number of aromatic amines is 1.